The number of carboxylic acid groups (broad SMARTS) is 1. The molecule has 1 fully saturated rings. The number of hydrogen-bond acceptors (Lipinski definition) is 2. The molecule has 1 saturated carbocycles. The zero-order valence-electron chi connectivity index (χ0n) is 10.2. The molecular formula is C14H17FO3. The lowest BCUT2D eigenvalue weighted by Gasteiger charge is -2.21. The minimum atomic E-state index is -1.27. The number of aromatic carboxylic acids is 1. The van der Waals surface area contributed by atoms with Crippen molar-refractivity contribution in [3.8, 4) is 5.75 Å². The fourth-order valence-corrected chi connectivity index (χ4v) is 2.33. The molecular weight excluding hydrogens is 235 g/mol. The van der Waals surface area contributed by atoms with Crippen molar-refractivity contribution in [2.24, 2.45) is 5.92 Å². The summed E-state index contributed by atoms with van der Waals surface area (Å²) < 4.78 is 18.7. The summed E-state index contributed by atoms with van der Waals surface area (Å²) in [6.07, 6.45) is 6.08. The van der Waals surface area contributed by atoms with Gasteiger partial charge in [0.2, 0.25) is 0 Å². The Morgan fingerprint density at radius 3 is 2.72 bits per heavy atom. The van der Waals surface area contributed by atoms with Gasteiger partial charge in [0, 0.05) is 0 Å². The second kappa shape index (κ2) is 5.85. The lowest BCUT2D eigenvalue weighted by Crippen LogP contribution is -2.15. The van der Waals surface area contributed by atoms with E-state index in [-0.39, 0.29) is 5.56 Å². The molecule has 4 heteroatoms. The van der Waals surface area contributed by atoms with Gasteiger partial charge in [-0.15, -0.1) is 0 Å². The van der Waals surface area contributed by atoms with Crippen LogP contribution in [-0.4, -0.2) is 17.7 Å². The molecule has 0 amide bonds. The van der Waals surface area contributed by atoms with Crippen LogP contribution in [0.2, 0.25) is 0 Å². The van der Waals surface area contributed by atoms with E-state index in [1.807, 2.05) is 0 Å². The lowest BCUT2D eigenvalue weighted by atomic mass is 9.90. The molecule has 0 atom stereocenters. The number of ether oxygens (including phenoxy) is 1. The Bertz CT molecular complexity index is 425. The molecule has 3 nitrogen and oxygen atoms in total. The standard InChI is InChI=1S/C14H17FO3/c15-13-7-6-11(8-12(13)14(16)17)18-9-10-4-2-1-3-5-10/h6-8,10H,1-5,9H2,(H,16,17). The zero-order chi connectivity index (χ0) is 13.0. The molecule has 0 radical (unpaired) electrons. The molecule has 0 saturated heterocycles. The highest BCUT2D eigenvalue weighted by atomic mass is 19.1. The average molecular weight is 252 g/mol. The van der Waals surface area contributed by atoms with Gasteiger partial charge in [0.05, 0.1) is 12.2 Å². The van der Waals surface area contributed by atoms with Crippen LogP contribution in [-0.2, 0) is 0 Å². The van der Waals surface area contributed by atoms with E-state index in [2.05, 4.69) is 0 Å². The molecule has 1 aliphatic carbocycles. The summed E-state index contributed by atoms with van der Waals surface area (Å²) >= 11 is 0. The molecule has 1 N–H and O–H groups in total. The fraction of sp³-hybridized carbons (Fsp3) is 0.500. The molecule has 0 aliphatic heterocycles. The number of benzene rings is 1. The maximum absolute atomic E-state index is 13.2. The molecule has 1 aliphatic rings. The van der Waals surface area contributed by atoms with Gasteiger partial charge in [-0.25, -0.2) is 9.18 Å². The van der Waals surface area contributed by atoms with E-state index in [1.165, 1.54) is 31.4 Å². The van der Waals surface area contributed by atoms with Crippen LogP contribution in [0.4, 0.5) is 4.39 Å². The SMILES string of the molecule is O=C(O)c1cc(OCC2CCCCC2)ccc1F. The largest absolute Gasteiger partial charge is 0.493 e. The molecule has 0 heterocycles. The molecule has 0 unspecified atom stereocenters. The summed E-state index contributed by atoms with van der Waals surface area (Å²) in [7, 11) is 0. The highest BCUT2D eigenvalue weighted by Gasteiger charge is 2.15. The lowest BCUT2D eigenvalue weighted by molar-refractivity contribution is 0.0691. The average Bonchev–Trinajstić information content (AvgIpc) is 2.38. The van der Waals surface area contributed by atoms with E-state index < -0.39 is 11.8 Å². The van der Waals surface area contributed by atoms with Crippen molar-refractivity contribution in [2.75, 3.05) is 6.61 Å². The van der Waals surface area contributed by atoms with Gasteiger partial charge in [-0.05, 0) is 37.0 Å². The summed E-state index contributed by atoms with van der Waals surface area (Å²) in [6.45, 7) is 0.588. The quantitative estimate of drug-likeness (QED) is 0.892. The number of hydrogen-bond donors (Lipinski definition) is 1. The van der Waals surface area contributed by atoms with Crippen LogP contribution in [0.15, 0.2) is 18.2 Å². The Kier molecular flexibility index (Phi) is 4.18. The molecule has 1 aromatic carbocycles. The van der Waals surface area contributed by atoms with Crippen molar-refractivity contribution in [2.45, 2.75) is 32.1 Å². The Hall–Kier alpha value is -1.58. The van der Waals surface area contributed by atoms with Crippen LogP contribution in [0.3, 0.4) is 0 Å². The van der Waals surface area contributed by atoms with E-state index >= 15 is 0 Å². The topological polar surface area (TPSA) is 46.5 Å². The first-order valence-corrected chi connectivity index (χ1v) is 6.32. The fourth-order valence-electron chi connectivity index (χ4n) is 2.33. The van der Waals surface area contributed by atoms with Crippen molar-refractivity contribution in [3.05, 3.63) is 29.6 Å². The van der Waals surface area contributed by atoms with Crippen molar-refractivity contribution in [1.82, 2.24) is 0 Å². The molecule has 0 aromatic heterocycles. The van der Waals surface area contributed by atoms with E-state index in [0.29, 0.717) is 18.3 Å². The summed E-state index contributed by atoms with van der Waals surface area (Å²) in [6, 6.07) is 3.87. The predicted molar refractivity (Wildman–Crippen MR) is 65.4 cm³/mol. The van der Waals surface area contributed by atoms with Gasteiger partial charge in [0.1, 0.15) is 11.6 Å². The minimum absolute atomic E-state index is 0.337. The number of rotatable bonds is 4. The molecule has 18 heavy (non-hydrogen) atoms. The second-order valence-corrected chi connectivity index (χ2v) is 4.76. The van der Waals surface area contributed by atoms with E-state index in [9.17, 15) is 9.18 Å². The van der Waals surface area contributed by atoms with Crippen LogP contribution < -0.4 is 4.74 Å². The predicted octanol–water partition coefficient (Wildman–Crippen LogP) is 3.48. The number of carbonyl (C=O) groups is 1. The van der Waals surface area contributed by atoms with Crippen LogP contribution in [0.1, 0.15) is 42.5 Å². The van der Waals surface area contributed by atoms with Gasteiger partial charge in [0.15, 0.2) is 0 Å². The maximum atomic E-state index is 13.2. The maximum Gasteiger partial charge on any atom is 0.338 e. The van der Waals surface area contributed by atoms with Gasteiger partial charge < -0.3 is 9.84 Å². The monoisotopic (exact) mass is 252 g/mol. The Balaban J connectivity index is 1.96. The van der Waals surface area contributed by atoms with Crippen LogP contribution in [0.25, 0.3) is 0 Å². The Morgan fingerprint density at radius 1 is 1.33 bits per heavy atom. The van der Waals surface area contributed by atoms with E-state index in [0.717, 1.165) is 18.9 Å². The first-order chi connectivity index (χ1) is 8.66. The summed E-state index contributed by atoms with van der Waals surface area (Å²) in [4.78, 5) is 10.8. The number of carboxylic acids is 1. The third-order valence-electron chi connectivity index (χ3n) is 3.38. The summed E-state index contributed by atoms with van der Waals surface area (Å²) in [5.74, 6) is -1.03. The van der Waals surface area contributed by atoms with Crippen LogP contribution >= 0.6 is 0 Å². The summed E-state index contributed by atoms with van der Waals surface area (Å²) in [5, 5.41) is 8.81. The third-order valence-corrected chi connectivity index (χ3v) is 3.38. The highest BCUT2D eigenvalue weighted by Crippen LogP contribution is 2.25. The normalized spacial score (nSPS) is 16.5. The Labute approximate surface area is 106 Å². The molecule has 0 spiro atoms. The van der Waals surface area contributed by atoms with Crippen molar-refractivity contribution < 1.29 is 19.0 Å². The van der Waals surface area contributed by atoms with E-state index in [4.69, 9.17) is 9.84 Å². The molecule has 2 rings (SSSR count). The van der Waals surface area contributed by atoms with Crippen LogP contribution in [0.5, 0.6) is 5.75 Å². The van der Waals surface area contributed by atoms with Crippen molar-refractivity contribution >= 4 is 5.97 Å². The molecule has 1 aromatic rings. The first kappa shape index (κ1) is 12.9. The molecule has 0 bridgehead atoms. The first-order valence-electron chi connectivity index (χ1n) is 6.32. The van der Waals surface area contributed by atoms with Gasteiger partial charge in [-0.3, -0.25) is 0 Å². The minimum Gasteiger partial charge on any atom is -0.493 e. The molecule has 98 valence electrons. The van der Waals surface area contributed by atoms with Gasteiger partial charge in [-0.1, -0.05) is 19.3 Å². The van der Waals surface area contributed by atoms with Crippen molar-refractivity contribution in [3.63, 3.8) is 0 Å². The highest BCUT2D eigenvalue weighted by molar-refractivity contribution is 5.88. The second-order valence-electron chi connectivity index (χ2n) is 4.76. The Morgan fingerprint density at radius 2 is 2.06 bits per heavy atom. The summed E-state index contributed by atoms with van der Waals surface area (Å²) in [5.41, 5.74) is -0.337. The number of halogens is 1. The van der Waals surface area contributed by atoms with E-state index in [1.54, 1.807) is 0 Å². The van der Waals surface area contributed by atoms with Crippen molar-refractivity contribution in [1.29, 1.82) is 0 Å². The third kappa shape index (κ3) is 3.22. The smallest absolute Gasteiger partial charge is 0.338 e. The zero-order valence-corrected chi connectivity index (χ0v) is 10.2. The van der Waals surface area contributed by atoms with Gasteiger partial charge >= 0.3 is 5.97 Å². The van der Waals surface area contributed by atoms with Gasteiger partial charge in [0.25, 0.3) is 0 Å². The van der Waals surface area contributed by atoms with Gasteiger partial charge in [-0.2, -0.15) is 0 Å². The van der Waals surface area contributed by atoms with Crippen LogP contribution in [0, 0.1) is 11.7 Å².